The zero-order valence-electron chi connectivity index (χ0n) is 15.7. The summed E-state index contributed by atoms with van der Waals surface area (Å²) in [5.74, 6) is 0.990. The molecule has 6 heteroatoms. The van der Waals surface area contributed by atoms with Crippen molar-refractivity contribution in [1.29, 1.82) is 0 Å². The number of nitrogens with one attached hydrogen (secondary N) is 2. The fourth-order valence-electron chi connectivity index (χ4n) is 3.54. The summed E-state index contributed by atoms with van der Waals surface area (Å²) in [6, 6.07) is 5.72. The van der Waals surface area contributed by atoms with Crippen molar-refractivity contribution < 1.29 is 0 Å². The lowest BCUT2D eigenvalue weighted by molar-refractivity contribution is 0.286. The number of nitrogens with zero attached hydrogens (tertiary/aromatic N) is 3. The van der Waals surface area contributed by atoms with Crippen molar-refractivity contribution in [3.8, 4) is 0 Å². The van der Waals surface area contributed by atoms with E-state index in [1.54, 1.807) is 0 Å². The first-order valence-electron chi connectivity index (χ1n) is 9.87. The molecule has 0 radical (unpaired) electrons. The van der Waals surface area contributed by atoms with Gasteiger partial charge in [-0.25, -0.2) is 0 Å². The fraction of sp³-hybridized carbons (Fsp3) is 0.737. The van der Waals surface area contributed by atoms with Gasteiger partial charge in [0.1, 0.15) is 0 Å². The molecule has 1 aliphatic carbocycles. The smallest absolute Gasteiger partial charge is 0.191 e. The van der Waals surface area contributed by atoms with Gasteiger partial charge in [-0.2, -0.15) is 0 Å². The minimum Gasteiger partial charge on any atom is -0.363 e. The van der Waals surface area contributed by atoms with Gasteiger partial charge < -0.3 is 15.5 Å². The van der Waals surface area contributed by atoms with Crippen molar-refractivity contribution in [2.45, 2.75) is 51.6 Å². The number of guanidine groups is 1. The van der Waals surface area contributed by atoms with Crippen LogP contribution in [0.2, 0.25) is 0 Å². The average molecular weight is 364 g/mol. The van der Waals surface area contributed by atoms with E-state index in [2.05, 4.69) is 51.8 Å². The Kier molecular flexibility index (Phi) is 6.99. The lowest BCUT2D eigenvalue weighted by atomic mass is 10.1. The Balaban J connectivity index is 1.44. The molecule has 5 nitrogen and oxygen atoms in total. The van der Waals surface area contributed by atoms with Crippen LogP contribution >= 0.6 is 11.3 Å². The van der Waals surface area contributed by atoms with E-state index in [0.717, 1.165) is 51.3 Å². The van der Waals surface area contributed by atoms with E-state index in [4.69, 9.17) is 4.99 Å². The topological polar surface area (TPSA) is 42.9 Å². The summed E-state index contributed by atoms with van der Waals surface area (Å²) in [5.41, 5.74) is 0. The van der Waals surface area contributed by atoms with E-state index in [9.17, 15) is 0 Å². The van der Waals surface area contributed by atoms with E-state index < -0.39 is 0 Å². The third-order valence-corrected chi connectivity index (χ3v) is 6.05. The number of thiophene rings is 1. The third-order valence-electron chi connectivity index (χ3n) is 5.12. The van der Waals surface area contributed by atoms with Crippen LogP contribution in [-0.4, -0.2) is 62.2 Å². The molecule has 0 spiro atoms. The average Bonchev–Trinajstić information content (AvgIpc) is 3.32. The van der Waals surface area contributed by atoms with Crippen LogP contribution in [0.5, 0.6) is 0 Å². The summed E-state index contributed by atoms with van der Waals surface area (Å²) in [4.78, 5) is 9.88. The molecule has 3 rings (SSSR count). The number of likely N-dealkylation sites (N-methyl/N-ethyl adjacent to an activating group) is 1. The maximum Gasteiger partial charge on any atom is 0.191 e. The van der Waals surface area contributed by atoms with Gasteiger partial charge in [-0.3, -0.25) is 9.89 Å². The molecular weight excluding hydrogens is 330 g/mol. The minimum absolute atomic E-state index is 0.528. The molecule has 1 aliphatic heterocycles. The van der Waals surface area contributed by atoms with E-state index >= 15 is 0 Å². The van der Waals surface area contributed by atoms with Crippen LogP contribution in [0.15, 0.2) is 22.5 Å². The maximum absolute atomic E-state index is 4.82. The number of piperidine rings is 1. The Bertz CT molecular complexity index is 518. The highest BCUT2D eigenvalue weighted by Gasteiger charge is 2.27. The summed E-state index contributed by atoms with van der Waals surface area (Å²) in [6.45, 7) is 10.7. The molecule has 0 aromatic carbocycles. The standard InChI is InChI=1S/C19H33N5S/c1-3-20-19(21-11-14-23(4-2)17-7-8-17)22-16-9-12-24(13-10-16)18-6-5-15-25-18/h5-6,15-17H,3-4,7-14H2,1-2H3,(H2,20,21,22). The largest absolute Gasteiger partial charge is 0.363 e. The van der Waals surface area contributed by atoms with Crippen molar-refractivity contribution in [2.75, 3.05) is 44.2 Å². The van der Waals surface area contributed by atoms with Crippen molar-refractivity contribution in [2.24, 2.45) is 4.99 Å². The van der Waals surface area contributed by atoms with E-state index in [1.165, 1.54) is 30.7 Å². The summed E-state index contributed by atoms with van der Waals surface area (Å²) in [7, 11) is 0. The molecule has 1 aromatic rings. The highest BCUT2D eigenvalue weighted by atomic mass is 32.1. The van der Waals surface area contributed by atoms with Crippen molar-refractivity contribution in [3.63, 3.8) is 0 Å². The fourth-order valence-corrected chi connectivity index (χ4v) is 4.32. The Hall–Kier alpha value is -1.27. The molecule has 0 bridgehead atoms. The molecule has 0 unspecified atom stereocenters. The molecule has 2 fully saturated rings. The van der Waals surface area contributed by atoms with Crippen LogP contribution in [0.3, 0.4) is 0 Å². The monoisotopic (exact) mass is 363 g/mol. The second kappa shape index (κ2) is 9.43. The molecular formula is C19H33N5S. The van der Waals surface area contributed by atoms with Gasteiger partial charge in [0.15, 0.2) is 5.96 Å². The molecule has 25 heavy (non-hydrogen) atoms. The first-order chi connectivity index (χ1) is 12.3. The van der Waals surface area contributed by atoms with Gasteiger partial charge in [-0.05, 0) is 56.7 Å². The number of anilines is 1. The maximum atomic E-state index is 4.82. The highest BCUT2D eigenvalue weighted by molar-refractivity contribution is 7.14. The van der Waals surface area contributed by atoms with Crippen LogP contribution in [0.25, 0.3) is 0 Å². The van der Waals surface area contributed by atoms with E-state index in [0.29, 0.717) is 6.04 Å². The molecule has 0 amide bonds. The van der Waals surface area contributed by atoms with Gasteiger partial charge in [0.2, 0.25) is 0 Å². The lowest BCUT2D eigenvalue weighted by Crippen LogP contribution is -2.48. The van der Waals surface area contributed by atoms with Gasteiger partial charge in [0.05, 0.1) is 11.5 Å². The molecule has 1 saturated carbocycles. The highest BCUT2D eigenvalue weighted by Crippen LogP contribution is 2.26. The molecule has 0 atom stereocenters. The first kappa shape index (κ1) is 18.5. The van der Waals surface area contributed by atoms with Gasteiger partial charge in [-0.15, -0.1) is 11.3 Å². The molecule has 2 heterocycles. The molecule has 140 valence electrons. The summed E-state index contributed by atoms with van der Waals surface area (Å²) >= 11 is 1.84. The van der Waals surface area contributed by atoms with Crippen LogP contribution in [0, 0.1) is 0 Å². The van der Waals surface area contributed by atoms with Gasteiger partial charge in [0.25, 0.3) is 0 Å². The molecule has 2 aliphatic rings. The number of hydrogen-bond acceptors (Lipinski definition) is 4. The van der Waals surface area contributed by atoms with E-state index in [1.807, 2.05) is 11.3 Å². The summed E-state index contributed by atoms with van der Waals surface area (Å²) < 4.78 is 0. The predicted molar refractivity (Wildman–Crippen MR) is 109 cm³/mol. The Labute approximate surface area is 156 Å². The zero-order chi connectivity index (χ0) is 17.5. The number of aliphatic imine (C=N–C) groups is 1. The van der Waals surface area contributed by atoms with Crippen molar-refractivity contribution in [1.82, 2.24) is 15.5 Å². The molecule has 1 aromatic heterocycles. The van der Waals surface area contributed by atoms with Crippen LogP contribution in [0.1, 0.15) is 39.5 Å². The Morgan fingerprint density at radius 1 is 1.28 bits per heavy atom. The predicted octanol–water partition coefficient (Wildman–Crippen LogP) is 2.76. The normalized spacial score (nSPS) is 19.5. The first-order valence-corrected chi connectivity index (χ1v) is 10.8. The third kappa shape index (κ3) is 5.61. The molecule has 2 N–H and O–H groups in total. The molecule has 1 saturated heterocycles. The van der Waals surface area contributed by atoms with Gasteiger partial charge in [0, 0.05) is 38.3 Å². The van der Waals surface area contributed by atoms with Crippen LogP contribution in [0.4, 0.5) is 5.00 Å². The second-order valence-corrected chi connectivity index (χ2v) is 7.90. The Morgan fingerprint density at radius 3 is 2.68 bits per heavy atom. The van der Waals surface area contributed by atoms with Crippen molar-refractivity contribution >= 4 is 22.3 Å². The Morgan fingerprint density at radius 2 is 2.08 bits per heavy atom. The summed E-state index contributed by atoms with van der Waals surface area (Å²) in [6.07, 6.45) is 5.09. The SMILES string of the molecule is CCNC(=NCCN(CC)C1CC1)NC1CCN(c2cccs2)CC1. The van der Waals surface area contributed by atoms with Crippen LogP contribution in [-0.2, 0) is 0 Å². The van der Waals surface area contributed by atoms with Crippen LogP contribution < -0.4 is 15.5 Å². The summed E-state index contributed by atoms with van der Waals surface area (Å²) in [5, 5.41) is 10.6. The lowest BCUT2D eigenvalue weighted by Gasteiger charge is -2.33. The number of hydrogen-bond donors (Lipinski definition) is 2. The van der Waals surface area contributed by atoms with Gasteiger partial charge in [-0.1, -0.05) is 6.92 Å². The second-order valence-electron chi connectivity index (χ2n) is 6.98. The minimum atomic E-state index is 0.528. The zero-order valence-corrected chi connectivity index (χ0v) is 16.5. The number of rotatable bonds is 8. The van der Waals surface area contributed by atoms with Crippen molar-refractivity contribution in [3.05, 3.63) is 17.5 Å². The van der Waals surface area contributed by atoms with E-state index in [-0.39, 0.29) is 0 Å². The quantitative estimate of drug-likeness (QED) is 0.551. The van der Waals surface area contributed by atoms with Gasteiger partial charge >= 0.3 is 0 Å².